The second-order valence-electron chi connectivity index (χ2n) is 4.87. The molecular formula is C15H27NO. The number of anilines is 1. The second-order valence-corrected chi connectivity index (χ2v) is 4.87. The molecule has 1 aromatic carbocycles. The van der Waals surface area contributed by atoms with Crippen LogP contribution in [0.25, 0.3) is 0 Å². The molecule has 0 saturated heterocycles. The molecule has 2 heteroatoms. The second kappa shape index (κ2) is 6.53. The van der Waals surface area contributed by atoms with E-state index in [2.05, 4.69) is 45.1 Å². The molecule has 1 rings (SSSR count). The zero-order chi connectivity index (χ0) is 13.6. The number of rotatable bonds is 2. The Balaban J connectivity index is 0.00000121. The first-order valence-corrected chi connectivity index (χ1v) is 6.27. The normalized spacial score (nSPS) is 10.4. The summed E-state index contributed by atoms with van der Waals surface area (Å²) in [7, 11) is 3.67. The van der Waals surface area contributed by atoms with Crippen molar-refractivity contribution in [3.8, 4) is 5.75 Å². The Bertz CT molecular complexity index is 351. The number of hydrogen-bond acceptors (Lipinski definition) is 2. The molecule has 0 aliphatic heterocycles. The summed E-state index contributed by atoms with van der Waals surface area (Å²) in [5, 5.41) is 3.24. The van der Waals surface area contributed by atoms with Gasteiger partial charge >= 0.3 is 0 Å². The SMILES string of the molecule is CC.CNc1cc(C)c(OC)cc1C(C)(C)C. The van der Waals surface area contributed by atoms with Crippen LogP contribution in [0.4, 0.5) is 5.69 Å². The van der Waals surface area contributed by atoms with Gasteiger partial charge in [0, 0.05) is 12.7 Å². The summed E-state index contributed by atoms with van der Waals surface area (Å²) in [5.74, 6) is 0.957. The third-order valence-corrected chi connectivity index (χ3v) is 2.61. The topological polar surface area (TPSA) is 21.3 Å². The molecular weight excluding hydrogens is 210 g/mol. The van der Waals surface area contributed by atoms with Gasteiger partial charge in [0.15, 0.2) is 0 Å². The Labute approximate surface area is 106 Å². The minimum atomic E-state index is 0.124. The van der Waals surface area contributed by atoms with Crippen LogP contribution in [0.3, 0.4) is 0 Å². The van der Waals surface area contributed by atoms with Gasteiger partial charge in [-0.2, -0.15) is 0 Å². The van der Waals surface area contributed by atoms with Crippen LogP contribution in [-0.4, -0.2) is 14.2 Å². The van der Waals surface area contributed by atoms with Gasteiger partial charge in [-0.15, -0.1) is 0 Å². The Kier molecular flexibility index (Phi) is 6.08. The molecule has 1 aromatic rings. The standard InChI is InChI=1S/C13H21NO.C2H6/c1-9-7-11(14-5)10(13(2,3)4)8-12(9)15-6;1-2/h7-8,14H,1-6H3;1-2H3. The highest BCUT2D eigenvalue weighted by atomic mass is 16.5. The van der Waals surface area contributed by atoms with Crippen LogP contribution in [0.1, 0.15) is 45.7 Å². The van der Waals surface area contributed by atoms with Crippen LogP contribution < -0.4 is 10.1 Å². The number of benzene rings is 1. The van der Waals surface area contributed by atoms with E-state index in [4.69, 9.17) is 4.74 Å². The van der Waals surface area contributed by atoms with E-state index in [9.17, 15) is 0 Å². The molecule has 17 heavy (non-hydrogen) atoms. The van der Waals surface area contributed by atoms with Crippen molar-refractivity contribution < 1.29 is 4.74 Å². The first-order valence-electron chi connectivity index (χ1n) is 6.27. The van der Waals surface area contributed by atoms with Crippen LogP contribution in [0.5, 0.6) is 5.75 Å². The molecule has 0 aromatic heterocycles. The Morgan fingerprint density at radius 3 is 2.00 bits per heavy atom. The summed E-state index contributed by atoms with van der Waals surface area (Å²) in [6.07, 6.45) is 0. The molecule has 0 heterocycles. The highest BCUT2D eigenvalue weighted by molar-refractivity contribution is 5.59. The number of ether oxygens (including phenoxy) is 1. The smallest absolute Gasteiger partial charge is 0.122 e. The van der Waals surface area contributed by atoms with Crippen LogP contribution in [0.15, 0.2) is 12.1 Å². The van der Waals surface area contributed by atoms with Gasteiger partial charge < -0.3 is 10.1 Å². The zero-order valence-electron chi connectivity index (χ0n) is 12.6. The lowest BCUT2D eigenvalue weighted by atomic mass is 9.85. The number of nitrogens with one attached hydrogen (secondary N) is 1. The molecule has 0 spiro atoms. The molecule has 0 bridgehead atoms. The van der Waals surface area contributed by atoms with E-state index in [0.717, 1.165) is 11.3 Å². The van der Waals surface area contributed by atoms with E-state index in [0.29, 0.717) is 0 Å². The minimum Gasteiger partial charge on any atom is -0.496 e. The predicted octanol–water partition coefficient (Wildman–Crippen LogP) is 4.37. The molecule has 98 valence electrons. The Morgan fingerprint density at radius 2 is 1.65 bits per heavy atom. The van der Waals surface area contributed by atoms with Crippen LogP contribution in [-0.2, 0) is 5.41 Å². The number of methoxy groups -OCH3 is 1. The van der Waals surface area contributed by atoms with E-state index in [1.54, 1.807) is 7.11 Å². The van der Waals surface area contributed by atoms with Crippen molar-refractivity contribution in [1.29, 1.82) is 0 Å². The van der Waals surface area contributed by atoms with Crippen LogP contribution in [0, 0.1) is 6.92 Å². The van der Waals surface area contributed by atoms with E-state index in [1.165, 1.54) is 11.3 Å². The number of aryl methyl sites for hydroxylation is 1. The molecule has 0 aliphatic carbocycles. The molecule has 0 unspecified atom stereocenters. The molecule has 0 atom stereocenters. The molecule has 0 aliphatic rings. The van der Waals surface area contributed by atoms with Gasteiger partial charge in [0.2, 0.25) is 0 Å². The van der Waals surface area contributed by atoms with Crippen molar-refractivity contribution in [1.82, 2.24) is 0 Å². The van der Waals surface area contributed by atoms with Gasteiger partial charge in [0.25, 0.3) is 0 Å². The third-order valence-electron chi connectivity index (χ3n) is 2.61. The van der Waals surface area contributed by atoms with Crippen molar-refractivity contribution in [2.45, 2.75) is 47.0 Å². The highest BCUT2D eigenvalue weighted by Gasteiger charge is 2.19. The molecule has 0 radical (unpaired) electrons. The van der Waals surface area contributed by atoms with Crippen molar-refractivity contribution >= 4 is 5.69 Å². The van der Waals surface area contributed by atoms with E-state index in [-0.39, 0.29) is 5.41 Å². The summed E-state index contributed by atoms with van der Waals surface area (Å²) in [6.45, 7) is 12.7. The predicted molar refractivity (Wildman–Crippen MR) is 77.3 cm³/mol. The van der Waals surface area contributed by atoms with E-state index in [1.807, 2.05) is 20.9 Å². The number of hydrogen-bond donors (Lipinski definition) is 1. The monoisotopic (exact) mass is 237 g/mol. The lowest BCUT2D eigenvalue weighted by Gasteiger charge is -2.24. The Morgan fingerprint density at radius 1 is 1.12 bits per heavy atom. The van der Waals surface area contributed by atoms with E-state index < -0.39 is 0 Å². The minimum absolute atomic E-state index is 0.124. The molecule has 0 amide bonds. The largest absolute Gasteiger partial charge is 0.496 e. The first-order chi connectivity index (χ1) is 7.90. The maximum absolute atomic E-state index is 5.35. The first kappa shape index (κ1) is 15.8. The summed E-state index contributed by atoms with van der Waals surface area (Å²) < 4.78 is 5.35. The fourth-order valence-electron chi connectivity index (χ4n) is 1.74. The molecule has 0 fully saturated rings. The zero-order valence-corrected chi connectivity index (χ0v) is 12.6. The molecule has 1 N–H and O–H groups in total. The lowest BCUT2D eigenvalue weighted by molar-refractivity contribution is 0.409. The summed E-state index contributed by atoms with van der Waals surface area (Å²) in [4.78, 5) is 0. The van der Waals surface area contributed by atoms with Gasteiger partial charge in [-0.1, -0.05) is 34.6 Å². The summed E-state index contributed by atoms with van der Waals surface area (Å²) >= 11 is 0. The lowest BCUT2D eigenvalue weighted by Crippen LogP contribution is -2.14. The third kappa shape index (κ3) is 3.95. The van der Waals surface area contributed by atoms with Crippen LogP contribution in [0.2, 0.25) is 0 Å². The summed E-state index contributed by atoms with van der Waals surface area (Å²) in [6, 6.07) is 4.26. The highest BCUT2D eigenvalue weighted by Crippen LogP contribution is 2.34. The average molecular weight is 237 g/mol. The van der Waals surface area contributed by atoms with Crippen LogP contribution >= 0.6 is 0 Å². The fraction of sp³-hybridized carbons (Fsp3) is 0.600. The molecule has 0 saturated carbocycles. The van der Waals surface area contributed by atoms with Crippen molar-refractivity contribution in [2.75, 3.05) is 19.5 Å². The Hall–Kier alpha value is -1.18. The van der Waals surface area contributed by atoms with Crippen molar-refractivity contribution in [2.24, 2.45) is 0 Å². The maximum Gasteiger partial charge on any atom is 0.122 e. The van der Waals surface area contributed by atoms with Crippen molar-refractivity contribution in [3.63, 3.8) is 0 Å². The van der Waals surface area contributed by atoms with Crippen molar-refractivity contribution in [3.05, 3.63) is 23.3 Å². The van der Waals surface area contributed by atoms with Gasteiger partial charge in [-0.3, -0.25) is 0 Å². The van der Waals surface area contributed by atoms with Gasteiger partial charge in [-0.05, 0) is 35.6 Å². The fourth-order valence-corrected chi connectivity index (χ4v) is 1.74. The average Bonchev–Trinajstić information content (AvgIpc) is 2.29. The maximum atomic E-state index is 5.35. The van der Waals surface area contributed by atoms with Gasteiger partial charge in [0.1, 0.15) is 5.75 Å². The molecule has 2 nitrogen and oxygen atoms in total. The quantitative estimate of drug-likeness (QED) is 0.824. The van der Waals surface area contributed by atoms with Gasteiger partial charge in [-0.25, -0.2) is 0 Å². The van der Waals surface area contributed by atoms with Gasteiger partial charge in [0.05, 0.1) is 7.11 Å². The summed E-state index contributed by atoms with van der Waals surface area (Å²) in [5.41, 5.74) is 3.75. The van der Waals surface area contributed by atoms with E-state index >= 15 is 0 Å².